The number of nitrogens with zero attached hydrogens (tertiary/aromatic N) is 2. The van der Waals surface area contributed by atoms with Crippen LogP contribution in [0, 0.1) is 0 Å². The number of rotatable bonds is 4. The largest absolute Gasteiger partial charge is 0.364 e. The Balaban J connectivity index is 2.19. The van der Waals surface area contributed by atoms with Crippen LogP contribution in [0.1, 0.15) is 12.1 Å². The van der Waals surface area contributed by atoms with Crippen molar-refractivity contribution in [2.75, 3.05) is 6.54 Å². The van der Waals surface area contributed by atoms with Gasteiger partial charge < -0.3 is 10.3 Å². The van der Waals surface area contributed by atoms with Gasteiger partial charge in [0.05, 0.1) is 0 Å². The van der Waals surface area contributed by atoms with Crippen LogP contribution in [0.4, 0.5) is 0 Å². The number of nitrogens with two attached hydrogens (primary N) is 1. The minimum Gasteiger partial charge on any atom is -0.364 e. The van der Waals surface area contributed by atoms with Gasteiger partial charge in [-0.25, -0.2) is 0 Å². The molecule has 0 unspecified atom stereocenters. The van der Waals surface area contributed by atoms with Gasteiger partial charge in [-0.15, -0.1) is 0 Å². The topological polar surface area (TPSA) is 64.9 Å². The first-order valence-electron chi connectivity index (χ1n) is 4.96. The van der Waals surface area contributed by atoms with E-state index >= 15 is 0 Å². The standard InChI is InChI=1S/C11H13N3O/c12-5-1-2-10-8-9(3-6-13-10)11-4-7-15-14-11/h3-4,6-8H,1-2,5,12H2. The number of aromatic nitrogens is 2. The number of pyridine rings is 1. The summed E-state index contributed by atoms with van der Waals surface area (Å²) in [5.41, 5.74) is 8.37. The fraction of sp³-hybridized carbons (Fsp3) is 0.273. The van der Waals surface area contributed by atoms with Gasteiger partial charge in [0.25, 0.3) is 0 Å². The molecule has 0 radical (unpaired) electrons. The van der Waals surface area contributed by atoms with Gasteiger partial charge in [-0.2, -0.15) is 0 Å². The lowest BCUT2D eigenvalue weighted by Gasteiger charge is -2.00. The summed E-state index contributed by atoms with van der Waals surface area (Å²) in [7, 11) is 0. The third-order valence-electron chi connectivity index (χ3n) is 2.19. The van der Waals surface area contributed by atoms with Crippen LogP contribution in [-0.2, 0) is 6.42 Å². The minimum atomic E-state index is 0.690. The fourth-order valence-corrected chi connectivity index (χ4v) is 1.42. The second-order valence-electron chi connectivity index (χ2n) is 3.31. The van der Waals surface area contributed by atoms with Crippen LogP contribution in [0.3, 0.4) is 0 Å². The van der Waals surface area contributed by atoms with E-state index in [1.807, 2.05) is 18.2 Å². The lowest BCUT2D eigenvalue weighted by atomic mass is 10.1. The van der Waals surface area contributed by atoms with E-state index < -0.39 is 0 Å². The normalized spacial score (nSPS) is 10.5. The smallest absolute Gasteiger partial charge is 0.124 e. The van der Waals surface area contributed by atoms with Gasteiger partial charge in [-0.1, -0.05) is 5.16 Å². The molecule has 78 valence electrons. The van der Waals surface area contributed by atoms with Crippen molar-refractivity contribution < 1.29 is 4.52 Å². The van der Waals surface area contributed by atoms with Crippen LogP contribution < -0.4 is 5.73 Å². The Morgan fingerprint density at radius 3 is 3.00 bits per heavy atom. The Bertz CT molecular complexity index is 412. The van der Waals surface area contributed by atoms with Crippen LogP contribution in [0.2, 0.25) is 0 Å². The highest BCUT2D eigenvalue weighted by Crippen LogP contribution is 2.17. The van der Waals surface area contributed by atoms with E-state index in [2.05, 4.69) is 10.1 Å². The molecule has 2 aromatic rings. The van der Waals surface area contributed by atoms with Crippen molar-refractivity contribution in [2.45, 2.75) is 12.8 Å². The predicted molar refractivity (Wildman–Crippen MR) is 57.1 cm³/mol. The zero-order chi connectivity index (χ0) is 10.5. The molecule has 0 saturated carbocycles. The monoisotopic (exact) mass is 203 g/mol. The zero-order valence-corrected chi connectivity index (χ0v) is 8.39. The molecule has 0 aliphatic rings. The van der Waals surface area contributed by atoms with Crippen LogP contribution in [-0.4, -0.2) is 16.7 Å². The summed E-state index contributed by atoms with van der Waals surface area (Å²) in [4.78, 5) is 4.27. The van der Waals surface area contributed by atoms with E-state index in [0.717, 1.165) is 29.8 Å². The quantitative estimate of drug-likeness (QED) is 0.820. The Morgan fingerprint density at radius 2 is 2.27 bits per heavy atom. The summed E-state index contributed by atoms with van der Waals surface area (Å²) >= 11 is 0. The lowest BCUT2D eigenvalue weighted by molar-refractivity contribution is 0.422. The lowest BCUT2D eigenvalue weighted by Crippen LogP contribution is -2.01. The Morgan fingerprint density at radius 1 is 1.33 bits per heavy atom. The Labute approximate surface area is 88.1 Å². The second kappa shape index (κ2) is 4.70. The van der Waals surface area contributed by atoms with Gasteiger partial charge in [0.2, 0.25) is 0 Å². The zero-order valence-electron chi connectivity index (χ0n) is 8.39. The van der Waals surface area contributed by atoms with Gasteiger partial charge in [-0.05, 0) is 31.5 Å². The maximum Gasteiger partial charge on any atom is 0.124 e. The molecule has 2 heterocycles. The van der Waals surface area contributed by atoms with E-state index in [1.165, 1.54) is 0 Å². The molecule has 0 aromatic carbocycles. The molecule has 0 atom stereocenters. The predicted octanol–water partition coefficient (Wildman–Crippen LogP) is 1.63. The summed E-state index contributed by atoms with van der Waals surface area (Å²) in [5, 5.41) is 3.88. The Hall–Kier alpha value is -1.68. The first-order valence-corrected chi connectivity index (χ1v) is 4.96. The summed E-state index contributed by atoms with van der Waals surface area (Å²) < 4.78 is 4.80. The maximum absolute atomic E-state index is 5.45. The molecule has 4 heteroatoms. The molecule has 2 rings (SSSR count). The first kappa shape index (κ1) is 9.86. The first-order chi connectivity index (χ1) is 7.40. The molecular weight excluding hydrogens is 190 g/mol. The highest BCUT2D eigenvalue weighted by Gasteiger charge is 2.02. The molecule has 4 nitrogen and oxygen atoms in total. The summed E-state index contributed by atoms with van der Waals surface area (Å²) in [6.07, 6.45) is 5.21. The second-order valence-corrected chi connectivity index (χ2v) is 3.31. The molecule has 0 aliphatic carbocycles. The molecule has 0 spiro atoms. The maximum atomic E-state index is 5.45. The third-order valence-corrected chi connectivity index (χ3v) is 2.19. The molecule has 0 amide bonds. The number of aryl methyl sites for hydroxylation is 1. The van der Waals surface area contributed by atoms with E-state index in [1.54, 1.807) is 12.5 Å². The third kappa shape index (κ3) is 2.41. The van der Waals surface area contributed by atoms with E-state index in [-0.39, 0.29) is 0 Å². The van der Waals surface area contributed by atoms with Gasteiger partial charge in [-0.3, -0.25) is 4.98 Å². The van der Waals surface area contributed by atoms with Crippen molar-refractivity contribution in [1.82, 2.24) is 10.1 Å². The molecule has 0 bridgehead atoms. The van der Waals surface area contributed by atoms with Crippen LogP contribution in [0.15, 0.2) is 35.2 Å². The highest BCUT2D eigenvalue weighted by atomic mass is 16.5. The molecule has 2 aromatic heterocycles. The van der Waals surface area contributed by atoms with Crippen LogP contribution >= 0.6 is 0 Å². The van der Waals surface area contributed by atoms with Gasteiger partial charge in [0, 0.05) is 23.5 Å². The van der Waals surface area contributed by atoms with Gasteiger partial charge in [0.1, 0.15) is 12.0 Å². The average Bonchev–Trinajstić information content (AvgIpc) is 2.80. The molecule has 0 saturated heterocycles. The number of hydrogen-bond acceptors (Lipinski definition) is 4. The molecular formula is C11H13N3O. The van der Waals surface area contributed by atoms with E-state index in [9.17, 15) is 0 Å². The van der Waals surface area contributed by atoms with Crippen LogP contribution in [0.25, 0.3) is 11.3 Å². The van der Waals surface area contributed by atoms with Gasteiger partial charge >= 0.3 is 0 Å². The van der Waals surface area contributed by atoms with Crippen molar-refractivity contribution in [3.8, 4) is 11.3 Å². The van der Waals surface area contributed by atoms with Crippen molar-refractivity contribution >= 4 is 0 Å². The van der Waals surface area contributed by atoms with Crippen molar-refractivity contribution in [3.05, 3.63) is 36.4 Å². The SMILES string of the molecule is NCCCc1cc(-c2ccon2)ccn1. The number of hydrogen-bond donors (Lipinski definition) is 1. The van der Waals surface area contributed by atoms with Crippen molar-refractivity contribution in [1.29, 1.82) is 0 Å². The van der Waals surface area contributed by atoms with Gasteiger partial charge in [0.15, 0.2) is 0 Å². The fourth-order valence-electron chi connectivity index (χ4n) is 1.42. The summed E-state index contributed by atoms with van der Waals surface area (Å²) in [6.45, 7) is 0.690. The summed E-state index contributed by atoms with van der Waals surface area (Å²) in [6, 6.07) is 5.78. The minimum absolute atomic E-state index is 0.690. The van der Waals surface area contributed by atoms with E-state index in [4.69, 9.17) is 10.3 Å². The van der Waals surface area contributed by atoms with Crippen molar-refractivity contribution in [2.24, 2.45) is 5.73 Å². The molecule has 2 N–H and O–H groups in total. The average molecular weight is 203 g/mol. The molecule has 15 heavy (non-hydrogen) atoms. The van der Waals surface area contributed by atoms with Crippen LogP contribution in [0.5, 0.6) is 0 Å². The van der Waals surface area contributed by atoms with Crippen molar-refractivity contribution in [3.63, 3.8) is 0 Å². The summed E-state index contributed by atoms with van der Waals surface area (Å²) in [5.74, 6) is 0. The van der Waals surface area contributed by atoms with E-state index in [0.29, 0.717) is 6.54 Å². The Kier molecular flexibility index (Phi) is 3.09. The molecule has 0 aliphatic heterocycles. The molecule has 0 fully saturated rings. The highest BCUT2D eigenvalue weighted by molar-refractivity contribution is 5.57.